The zero-order chi connectivity index (χ0) is 16.1. The van der Waals surface area contributed by atoms with Crippen molar-refractivity contribution in [3.8, 4) is 28.3 Å². The summed E-state index contributed by atoms with van der Waals surface area (Å²) in [5, 5.41) is 8.69. The van der Waals surface area contributed by atoms with Gasteiger partial charge in [0.05, 0.1) is 18.5 Å². The quantitative estimate of drug-likeness (QED) is 0.768. The number of benzene rings is 2. The number of para-hydroxylation sites is 1. The first-order chi connectivity index (χ1) is 11.3. The molecule has 3 aromatic rings. The standard InChI is InChI=1S/C19H19N3O.ClH/c1-23-19-5-3-2-4-16(19)18-11-10-17(21-22-18)15-8-6-14(7-9-15)12-13-20;/h2-11H,12-13,20H2,1H3;1H. The van der Waals surface area contributed by atoms with Gasteiger partial charge in [-0.05, 0) is 42.8 Å². The molecule has 0 spiro atoms. The summed E-state index contributed by atoms with van der Waals surface area (Å²) in [6.07, 6.45) is 0.888. The highest BCUT2D eigenvalue weighted by molar-refractivity contribution is 5.85. The van der Waals surface area contributed by atoms with E-state index in [-0.39, 0.29) is 12.4 Å². The first kappa shape index (κ1) is 17.9. The molecule has 0 aliphatic rings. The Kier molecular flexibility index (Phi) is 6.29. The van der Waals surface area contributed by atoms with Crippen LogP contribution in [-0.2, 0) is 6.42 Å². The fourth-order valence-electron chi connectivity index (χ4n) is 2.49. The van der Waals surface area contributed by atoms with E-state index in [2.05, 4.69) is 34.5 Å². The molecule has 0 radical (unpaired) electrons. The van der Waals surface area contributed by atoms with Crippen LogP contribution in [0.2, 0.25) is 0 Å². The zero-order valence-corrected chi connectivity index (χ0v) is 14.3. The van der Waals surface area contributed by atoms with E-state index >= 15 is 0 Å². The van der Waals surface area contributed by atoms with Crippen molar-refractivity contribution >= 4 is 12.4 Å². The molecule has 0 unspecified atom stereocenters. The number of hydrogen-bond donors (Lipinski definition) is 1. The lowest BCUT2D eigenvalue weighted by Gasteiger charge is -2.08. The van der Waals surface area contributed by atoms with Gasteiger partial charge in [0.1, 0.15) is 5.75 Å². The summed E-state index contributed by atoms with van der Waals surface area (Å²) in [5.41, 5.74) is 10.4. The molecule has 4 nitrogen and oxygen atoms in total. The molecule has 0 atom stereocenters. The van der Waals surface area contributed by atoms with Crippen molar-refractivity contribution in [3.05, 3.63) is 66.2 Å². The van der Waals surface area contributed by atoms with Gasteiger partial charge < -0.3 is 10.5 Å². The van der Waals surface area contributed by atoms with E-state index in [1.165, 1.54) is 5.56 Å². The Balaban J connectivity index is 0.00000208. The van der Waals surface area contributed by atoms with Gasteiger partial charge in [-0.3, -0.25) is 0 Å². The maximum atomic E-state index is 5.57. The second kappa shape index (κ2) is 8.43. The van der Waals surface area contributed by atoms with Gasteiger partial charge in [-0.2, -0.15) is 0 Å². The molecule has 0 amide bonds. The van der Waals surface area contributed by atoms with Gasteiger partial charge in [0.15, 0.2) is 0 Å². The van der Waals surface area contributed by atoms with Crippen LogP contribution < -0.4 is 10.5 Å². The second-order valence-electron chi connectivity index (χ2n) is 5.24. The lowest BCUT2D eigenvalue weighted by molar-refractivity contribution is 0.416. The summed E-state index contributed by atoms with van der Waals surface area (Å²) in [6, 6.07) is 20.0. The maximum absolute atomic E-state index is 5.57. The zero-order valence-electron chi connectivity index (χ0n) is 13.5. The summed E-state index contributed by atoms with van der Waals surface area (Å²) in [7, 11) is 1.66. The Bertz CT molecular complexity index is 773. The minimum absolute atomic E-state index is 0. The molecule has 0 fully saturated rings. The highest BCUT2D eigenvalue weighted by atomic mass is 35.5. The van der Waals surface area contributed by atoms with E-state index in [0.29, 0.717) is 6.54 Å². The summed E-state index contributed by atoms with van der Waals surface area (Å²) in [4.78, 5) is 0. The summed E-state index contributed by atoms with van der Waals surface area (Å²) in [6.45, 7) is 0.659. The Morgan fingerprint density at radius 1 is 0.875 bits per heavy atom. The highest BCUT2D eigenvalue weighted by Crippen LogP contribution is 2.28. The van der Waals surface area contributed by atoms with Crippen molar-refractivity contribution in [2.24, 2.45) is 5.73 Å². The van der Waals surface area contributed by atoms with Gasteiger partial charge in [0.25, 0.3) is 0 Å². The van der Waals surface area contributed by atoms with E-state index in [0.717, 1.165) is 34.7 Å². The summed E-state index contributed by atoms with van der Waals surface area (Å²) < 4.78 is 5.37. The van der Waals surface area contributed by atoms with Crippen LogP contribution in [0.4, 0.5) is 0 Å². The Morgan fingerprint density at radius 3 is 2.17 bits per heavy atom. The van der Waals surface area contributed by atoms with Crippen LogP contribution in [0.15, 0.2) is 60.7 Å². The molecule has 0 aliphatic heterocycles. The number of methoxy groups -OCH3 is 1. The van der Waals surface area contributed by atoms with E-state index in [4.69, 9.17) is 10.5 Å². The number of halogens is 1. The first-order valence-electron chi connectivity index (χ1n) is 7.58. The summed E-state index contributed by atoms with van der Waals surface area (Å²) in [5.74, 6) is 0.792. The molecule has 124 valence electrons. The lowest BCUT2D eigenvalue weighted by atomic mass is 10.1. The molecular formula is C19H20ClN3O. The van der Waals surface area contributed by atoms with Crippen molar-refractivity contribution in [1.29, 1.82) is 0 Å². The van der Waals surface area contributed by atoms with Gasteiger partial charge >= 0.3 is 0 Å². The monoisotopic (exact) mass is 341 g/mol. The van der Waals surface area contributed by atoms with Crippen LogP contribution in [0.3, 0.4) is 0 Å². The molecule has 2 aromatic carbocycles. The SMILES string of the molecule is COc1ccccc1-c1ccc(-c2ccc(CCN)cc2)nn1.Cl. The molecule has 3 rings (SSSR count). The lowest BCUT2D eigenvalue weighted by Crippen LogP contribution is -2.02. The average molecular weight is 342 g/mol. The molecule has 24 heavy (non-hydrogen) atoms. The fraction of sp³-hybridized carbons (Fsp3) is 0.158. The molecule has 0 saturated heterocycles. The van der Waals surface area contributed by atoms with Gasteiger partial charge in [0.2, 0.25) is 0 Å². The first-order valence-corrected chi connectivity index (χ1v) is 7.58. The molecule has 0 saturated carbocycles. The largest absolute Gasteiger partial charge is 0.496 e. The molecule has 0 aliphatic carbocycles. The van der Waals surface area contributed by atoms with E-state index in [9.17, 15) is 0 Å². The molecule has 1 aromatic heterocycles. The predicted octanol–water partition coefficient (Wildman–Crippen LogP) is 3.74. The number of nitrogens with zero attached hydrogens (tertiary/aromatic N) is 2. The Morgan fingerprint density at radius 2 is 1.54 bits per heavy atom. The van der Waals surface area contributed by atoms with E-state index in [1.54, 1.807) is 7.11 Å². The Labute approximate surface area is 148 Å². The molecule has 1 heterocycles. The number of rotatable bonds is 5. The summed E-state index contributed by atoms with van der Waals surface area (Å²) >= 11 is 0. The van der Waals surface area contributed by atoms with Gasteiger partial charge in [0, 0.05) is 11.1 Å². The number of ether oxygens (including phenoxy) is 1. The highest BCUT2D eigenvalue weighted by Gasteiger charge is 2.07. The smallest absolute Gasteiger partial charge is 0.128 e. The van der Waals surface area contributed by atoms with Crippen molar-refractivity contribution in [2.45, 2.75) is 6.42 Å². The third kappa shape index (κ3) is 3.91. The minimum atomic E-state index is 0. The van der Waals surface area contributed by atoms with Crippen LogP contribution in [0.5, 0.6) is 5.75 Å². The number of hydrogen-bond acceptors (Lipinski definition) is 4. The normalized spacial score (nSPS) is 10.1. The third-order valence-corrected chi connectivity index (χ3v) is 3.73. The van der Waals surface area contributed by atoms with Gasteiger partial charge in [-0.25, -0.2) is 0 Å². The van der Waals surface area contributed by atoms with Crippen molar-refractivity contribution in [1.82, 2.24) is 10.2 Å². The van der Waals surface area contributed by atoms with E-state index in [1.807, 2.05) is 36.4 Å². The third-order valence-electron chi connectivity index (χ3n) is 3.73. The number of aromatic nitrogens is 2. The van der Waals surface area contributed by atoms with Crippen LogP contribution in [-0.4, -0.2) is 23.9 Å². The maximum Gasteiger partial charge on any atom is 0.128 e. The molecule has 5 heteroatoms. The molecule has 0 bridgehead atoms. The van der Waals surface area contributed by atoms with Crippen LogP contribution in [0.25, 0.3) is 22.5 Å². The topological polar surface area (TPSA) is 61.0 Å². The average Bonchev–Trinajstić information content (AvgIpc) is 2.63. The number of nitrogens with two attached hydrogens (primary N) is 1. The van der Waals surface area contributed by atoms with Crippen LogP contribution >= 0.6 is 12.4 Å². The van der Waals surface area contributed by atoms with E-state index < -0.39 is 0 Å². The fourth-order valence-corrected chi connectivity index (χ4v) is 2.49. The molecular weight excluding hydrogens is 322 g/mol. The molecule has 2 N–H and O–H groups in total. The predicted molar refractivity (Wildman–Crippen MR) is 99.5 cm³/mol. The van der Waals surface area contributed by atoms with Crippen molar-refractivity contribution in [2.75, 3.05) is 13.7 Å². The van der Waals surface area contributed by atoms with Crippen LogP contribution in [0.1, 0.15) is 5.56 Å². The Hall–Kier alpha value is -2.43. The van der Waals surface area contributed by atoms with Gasteiger partial charge in [-0.1, -0.05) is 36.4 Å². The van der Waals surface area contributed by atoms with Crippen molar-refractivity contribution < 1.29 is 4.74 Å². The second-order valence-corrected chi connectivity index (χ2v) is 5.24. The van der Waals surface area contributed by atoms with Crippen molar-refractivity contribution in [3.63, 3.8) is 0 Å². The van der Waals surface area contributed by atoms with Crippen LogP contribution in [0, 0.1) is 0 Å². The van der Waals surface area contributed by atoms with Gasteiger partial charge in [-0.15, -0.1) is 22.6 Å². The minimum Gasteiger partial charge on any atom is -0.496 e.